The van der Waals surface area contributed by atoms with E-state index in [2.05, 4.69) is 10.3 Å². The van der Waals surface area contributed by atoms with Crippen molar-refractivity contribution in [2.75, 3.05) is 11.0 Å². The van der Waals surface area contributed by atoms with Crippen molar-refractivity contribution in [1.82, 2.24) is 10.3 Å². The summed E-state index contributed by atoms with van der Waals surface area (Å²) in [6, 6.07) is 7.45. The number of nitrogens with zero attached hydrogens (tertiary/aromatic N) is 1. The highest BCUT2D eigenvalue weighted by molar-refractivity contribution is 7.92. The number of ether oxygens (including phenoxy) is 1. The van der Waals surface area contributed by atoms with Crippen LogP contribution in [0.25, 0.3) is 0 Å². The number of sulfonamides is 1. The molecule has 0 aliphatic carbocycles. The van der Waals surface area contributed by atoms with E-state index in [-0.39, 0.29) is 17.3 Å². The van der Waals surface area contributed by atoms with Crippen LogP contribution >= 0.6 is 11.6 Å². The number of anilines is 1. The summed E-state index contributed by atoms with van der Waals surface area (Å²) in [7, 11) is -3.87. The molecule has 8 nitrogen and oxygen atoms in total. The van der Waals surface area contributed by atoms with Crippen molar-refractivity contribution in [1.29, 1.82) is 0 Å². The summed E-state index contributed by atoms with van der Waals surface area (Å²) < 4.78 is 63.0. The first-order chi connectivity index (χ1) is 14.5. The Morgan fingerprint density at radius 2 is 1.90 bits per heavy atom. The van der Waals surface area contributed by atoms with Gasteiger partial charge in [-0.2, -0.15) is 4.98 Å². The van der Waals surface area contributed by atoms with Gasteiger partial charge in [0.1, 0.15) is 17.7 Å². The van der Waals surface area contributed by atoms with E-state index in [1.54, 1.807) is 22.9 Å². The van der Waals surface area contributed by atoms with Gasteiger partial charge in [0.05, 0.1) is 12.3 Å². The van der Waals surface area contributed by atoms with Crippen LogP contribution in [0.5, 0.6) is 11.8 Å². The predicted molar refractivity (Wildman–Crippen MR) is 109 cm³/mol. The Balaban J connectivity index is 1.70. The van der Waals surface area contributed by atoms with Gasteiger partial charge in [0.15, 0.2) is 17.3 Å². The number of nitrogens with one attached hydrogen (secondary N) is 2. The number of hydrogen-bond acceptors (Lipinski definition) is 6. The first-order valence-electron chi connectivity index (χ1n) is 8.68. The molecule has 0 radical (unpaired) electrons. The van der Waals surface area contributed by atoms with Crippen LogP contribution in [0, 0.1) is 11.6 Å². The number of carbonyl (C=O) groups is 1. The van der Waals surface area contributed by atoms with Crippen LogP contribution in [0.15, 0.2) is 47.1 Å². The topological polar surface area (TPSA) is 111 Å². The monoisotopic (exact) mass is 471 g/mol. The molecule has 0 saturated carbocycles. The molecule has 31 heavy (non-hydrogen) atoms. The highest BCUT2D eigenvalue weighted by Crippen LogP contribution is 2.26. The van der Waals surface area contributed by atoms with Crippen molar-refractivity contribution in [3.63, 3.8) is 0 Å². The van der Waals surface area contributed by atoms with Gasteiger partial charge >= 0.3 is 6.08 Å². The summed E-state index contributed by atoms with van der Waals surface area (Å²) in [4.78, 5) is 16.3. The maximum Gasteiger partial charge on any atom is 0.399 e. The second kappa shape index (κ2) is 8.90. The van der Waals surface area contributed by atoms with Gasteiger partial charge in [-0.05, 0) is 42.8 Å². The van der Waals surface area contributed by atoms with E-state index in [4.69, 9.17) is 20.8 Å². The van der Waals surface area contributed by atoms with Gasteiger partial charge in [0.2, 0.25) is 10.0 Å². The third-order valence-electron chi connectivity index (χ3n) is 3.92. The fraction of sp³-hybridized carbons (Fsp3) is 0.158. The van der Waals surface area contributed by atoms with Crippen molar-refractivity contribution < 1.29 is 31.1 Å². The van der Waals surface area contributed by atoms with Crippen LogP contribution in [-0.2, 0) is 10.0 Å². The zero-order valence-electron chi connectivity index (χ0n) is 16.1. The molecular weight excluding hydrogens is 456 g/mol. The molecule has 3 rings (SSSR count). The highest BCUT2D eigenvalue weighted by atomic mass is 35.5. The molecule has 3 aromatic rings. The number of halogens is 3. The summed E-state index contributed by atoms with van der Waals surface area (Å²) >= 11 is 5.86. The minimum Gasteiger partial charge on any atom is -0.416 e. The van der Waals surface area contributed by atoms with Gasteiger partial charge in [-0.25, -0.2) is 17.2 Å². The number of hydrogen-bond donors (Lipinski definition) is 2. The van der Waals surface area contributed by atoms with Crippen LogP contribution in [0.4, 0.5) is 14.5 Å². The van der Waals surface area contributed by atoms with Gasteiger partial charge in [0.25, 0.3) is 5.91 Å². The van der Waals surface area contributed by atoms with Crippen LogP contribution in [0.3, 0.4) is 0 Å². The molecule has 0 spiro atoms. The lowest BCUT2D eigenvalue weighted by molar-refractivity contribution is 0.0934. The molecule has 0 saturated heterocycles. The summed E-state index contributed by atoms with van der Waals surface area (Å²) in [6.45, 7) is 1.49. The summed E-state index contributed by atoms with van der Waals surface area (Å²) in [5.41, 5.74) is -0.856. The number of benzene rings is 2. The van der Waals surface area contributed by atoms with Crippen LogP contribution in [0.1, 0.15) is 29.0 Å². The van der Waals surface area contributed by atoms with Crippen molar-refractivity contribution in [3.8, 4) is 11.8 Å². The first-order valence-corrected chi connectivity index (χ1v) is 11.0. The number of amides is 1. The molecule has 1 atom stereocenters. The van der Waals surface area contributed by atoms with E-state index in [1.807, 2.05) is 0 Å². The Morgan fingerprint density at radius 1 is 1.23 bits per heavy atom. The molecule has 164 valence electrons. The standard InChI is InChI=1S/C19H16ClF2N3O5S/c1-10(11-6-14(21)17(15(22)7-11)25-31(2,27)28)23-18(26)16-9-29-19(24-16)30-13-5-3-4-12(20)8-13/h3-10,25H,1-2H3,(H,23,26). The van der Waals surface area contributed by atoms with Crippen molar-refractivity contribution in [2.24, 2.45) is 0 Å². The second-order valence-electron chi connectivity index (χ2n) is 6.49. The fourth-order valence-electron chi connectivity index (χ4n) is 2.52. The second-order valence-corrected chi connectivity index (χ2v) is 8.67. The van der Waals surface area contributed by atoms with Gasteiger partial charge < -0.3 is 14.5 Å². The SMILES string of the molecule is CC(NC(=O)c1coc(Oc2cccc(Cl)c2)n1)c1cc(F)c(NS(C)(=O)=O)c(F)c1. The average molecular weight is 472 g/mol. The smallest absolute Gasteiger partial charge is 0.399 e. The van der Waals surface area contributed by atoms with Crippen LogP contribution < -0.4 is 14.8 Å². The number of carbonyl (C=O) groups excluding carboxylic acids is 1. The van der Waals surface area contributed by atoms with E-state index in [0.29, 0.717) is 10.8 Å². The zero-order valence-corrected chi connectivity index (χ0v) is 17.7. The predicted octanol–water partition coefficient (Wildman–Crippen LogP) is 4.26. The summed E-state index contributed by atoms with van der Waals surface area (Å²) in [5, 5.41) is 2.95. The van der Waals surface area contributed by atoms with E-state index in [9.17, 15) is 22.0 Å². The van der Waals surface area contributed by atoms with Crippen LogP contribution in [0.2, 0.25) is 5.02 Å². The molecule has 0 fully saturated rings. The molecular formula is C19H16ClF2N3O5S. The summed E-state index contributed by atoms with van der Waals surface area (Å²) in [6.07, 6.45) is 1.63. The molecule has 12 heteroatoms. The number of aromatic nitrogens is 1. The van der Waals surface area contributed by atoms with Gasteiger partial charge in [-0.3, -0.25) is 9.52 Å². The van der Waals surface area contributed by atoms with Crippen molar-refractivity contribution in [2.45, 2.75) is 13.0 Å². The normalized spacial score (nSPS) is 12.3. The van der Waals surface area contributed by atoms with E-state index < -0.39 is 39.3 Å². The first kappa shape index (κ1) is 22.5. The third-order valence-corrected chi connectivity index (χ3v) is 4.73. The average Bonchev–Trinajstić information content (AvgIpc) is 3.12. The largest absolute Gasteiger partial charge is 0.416 e. The Morgan fingerprint density at radius 3 is 2.52 bits per heavy atom. The molecule has 0 aliphatic rings. The minimum absolute atomic E-state index is 0.0706. The van der Waals surface area contributed by atoms with Gasteiger partial charge in [-0.1, -0.05) is 17.7 Å². The maximum atomic E-state index is 14.2. The molecule has 2 aromatic carbocycles. The molecule has 2 N–H and O–H groups in total. The maximum absolute atomic E-state index is 14.2. The minimum atomic E-state index is -3.87. The lowest BCUT2D eigenvalue weighted by Gasteiger charge is -2.15. The van der Waals surface area contributed by atoms with Gasteiger partial charge in [0, 0.05) is 5.02 Å². The quantitative estimate of drug-likeness (QED) is 0.532. The Bertz CT molecular complexity index is 1210. The number of oxazole rings is 1. The molecule has 1 amide bonds. The van der Waals surface area contributed by atoms with Crippen molar-refractivity contribution in [3.05, 3.63) is 70.6 Å². The van der Waals surface area contributed by atoms with E-state index >= 15 is 0 Å². The highest BCUT2D eigenvalue weighted by Gasteiger charge is 2.20. The van der Waals surface area contributed by atoms with Gasteiger partial charge in [-0.15, -0.1) is 0 Å². The van der Waals surface area contributed by atoms with E-state index in [0.717, 1.165) is 24.7 Å². The lowest BCUT2D eigenvalue weighted by atomic mass is 10.1. The molecule has 1 unspecified atom stereocenters. The van der Waals surface area contributed by atoms with Crippen LogP contribution in [-0.4, -0.2) is 25.6 Å². The summed E-state index contributed by atoms with van der Waals surface area (Å²) in [5.74, 6) is -2.58. The molecule has 0 bridgehead atoms. The molecule has 1 heterocycles. The Hall–Kier alpha value is -3.18. The fourth-order valence-corrected chi connectivity index (χ4v) is 3.27. The number of rotatable bonds is 7. The molecule has 1 aromatic heterocycles. The lowest BCUT2D eigenvalue weighted by Crippen LogP contribution is -2.27. The van der Waals surface area contributed by atoms with Crippen molar-refractivity contribution >= 4 is 33.2 Å². The molecule has 0 aliphatic heterocycles. The van der Waals surface area contributed by atoms with E-state index in [1.165, 1.54) is 13.0 Å². The third kappa shape index (κ3) is 5.92. The Kier molecular flexibility index (Phi) is 6.46. The zero-order chi connectivity index (χ0) is 22.8. The Labute approximate surface area is 181 Å².